The molecular formula is C26H40O4. The summed E-state index contributed by atoms with van der Waals surface area (Å²) >= 11 is 0. The van der Waals surface area contributed by atoms with Crippen molar-refractivity contribution in [3.8, 4) is 0 Å². The Morgan fingerprint density at radius 2 is 1.87 bits per heavy atom. The highest BCUT2D eigenvalue weighted by molar-refractivity contribution is 5.75. The van der Waals surface area contributed by atoms with Gasteiger partial charge >= 0.3 is 5.97 Å². The van der Waals surface area contributed by atoms with Crippen LogP contribution in [0.3, 0.4) is 0 Å². The Bertz CT molecular complexity index is 627. The SMILES string of the molecule is CCCC=CC(O)CC[C@H]1CC[C@H](O)[C@@H]1CCCCCC(C(=O)O)c1ccccc1. The van der Waals surface area contributed by atoms with Gasteiger partial charge in [0.05, 0.1) is 18.1 Å². The first-order valence-electron chi connectivity index (χ1n) is 11.8. The van der Waals surface area contributed by atoms with Crippen LogP contribution in [-0.4, -0.2) is 33.5 Å². The predicted octanol–water partition coefficient (Wildman–Crippen LogP) is 5.69. The number of carbonyl (C=O) groups is 1. The third-order valence-electron chi connectivity index (χ3n) is 6.61. The first-order chi connectivity index (χ1) is 14.5. The molecule has 168 valence electrons. The Hall–Kier alpha value is -1.65. The van der Waals surface area contributed by atoms with Gasteiger partial charge < -0.3 is 15.3 Å². The molecule has 5 atom stereocenters. The highest BCUT2D eigenvalue weighted by Gasteiger charge is 2.34. The highest BCUT2D eigenvalue weighted by atomic mass is 16.4. The Labute approximate surface area is 182 Å². The number of carboxylic acid groups (broad SMARTS) is 1. The van der Waals surface area contributed by atoms with Gasteiger partial charge in [0.15, 0.2) is 0 Å². The van der Waals surface area contributed by atoms with Crippen molar-refractivity contribution in [2.75, 3.05) is 0 Å². The maximum atomic E-state index is 11.6. The number of allylic oxidation sites excluding steroid dienone is 1. The third kappa shape index (κ3) is 8.23. The van der Waals surface area contributed by atoms with Crippen molar-refractivity contribution in [1.82, 2.24) is 0 Å². The monoisotopic (exact) mass is 416 g/mol. The maximum absolute atomic E-state index is 11.6. The zero-order chi connectivity index (χ0) is 21.8. The maximum Gasteiger partial charge on any atom is 0.310 e. The molecule has 0 radical (unpaired) electrons. The van der Waals surface area contributed by atoms with E-state index in [0.717, 1.165) is 69.8 Å². The second kappa shape index (κ2) is 13.6. The van der Waals surface area contributed by atoms with Gasteiger partial charge in [-0.2, -0.15) is 0 Å². The van der Waals surface area contributed by atoms with E-state index in [2.05, 4.69) is 13.0 Å². The van der Waals surface area contributed by atoms with Crippen LogP contribution in [0.5, 0.6) is 0 Å². The Morgan fingerprint density at radius 1 is 1.10 bits per heavy atom. The van der Waals surface area contributed by atoms with Crippen molar-refractivity contribution in [3.63, 3.8) is 0 Å². The number of rotatable bonds is 14. The molecule has 0 heterocycles. The number of aliphatic hydroxyl groups excluding tert-OH is 2. The van der Waals surface area contributed by atoms with Gasteiger partial charge in [-0.05, 0) is 62.3 Å². The second-order valence-electron chi connectivity index (χ2n) is 8.87. The number of unbranched alkanes of at least 4 members (excludes halogenated alkanes) is 3. The number of benzene rings is 1. The summed E-state index contributed by atoms with van der Waals surface area (Å²) in [5, 5.41) is 30.1. The second-order valence-corrected chi connectivity index (χ2v) is 8.87. The molecular weight excluding hydrogens is 376 g/mol. The molecule has 1 aliphatic carbocycles. The molecule has 0 aromatic heterocycles. The molecule has 2 rings (SSSR count). The van der Waals surface area contributed by atoms with Crippen molar-refractivity contribution in [3.05, 3.63) is 48.0 Å². The lowest BCUT2D eigenvalue weighted by atomic mass is 9.85. The molecule has 0 aliphatic heterocycles. The van der Waals surface area contributed by atoms with Gasteiger partial charge in [-0.1, -0.05) is 75.1 Å². The quantitative estimate of drug-likeness (QED) is 0.269. The zero-order valence-electron chi connectivity index (χ0n) is 18.5. The minimum Gasteiger partial charge on any atom is -0.481 e. The van der Waals surface area contributed by atoms with Gasteiger partial charge in [0.1, 0.15) is 0 Å². The highest BCUT2D eigenvalue weighted by Crippen LogP contribution is 2.39. The van der Waals surface area contributed by atoms with E-state index in [1.165, 1.54) is 0 Å². The summed E-state index contributed by atoms with van der Waals surface area (Å²) in [6.45, 7) is 2.13. The summed E-state index contributed by atoms with van der Waals surface area (Å²) in [5.74, 6) is -0.371. The van der Waals surface area contributed by atoms with Crippen molar-refractivity contribution in [2.45, 2.75) is 95.7 Å². The molecule has 1 aromatic rings. The van der Waals surface area contributed by atoms with E-state index in [1.807, 2.05) is 36.4 Å². The van der Waals surface area contributed by atoms with E-state index in [1.54, 1.807) is 0 Å². The van der Waals surface area contributed by atoms with Crippen LogP contribution in [0.4, 0.5) is 0 Å². The molecule has 0 spiro atoms. The Morgan fingerprint density at radius 3 is 2.57 bits per heavy atom. The average molecular weight is 417 g/mol. The van der Waals surface area contributed by atoms with Crippen molar-refractivity contribution in [2.24, 2.45) is 11.8 Å². The topological polar surface area (TPSA) is 77.8 Å². The van der Waals surface area contributed by atoms with Gasteiger partial charge in [-0.25, -0.2) is 0 Å². The number of aliphatic carboxylic acids is 1. The molecule has 1 aromatic carbocycles. The van der Waals surface area contributed by atoms with E-state index >= 15 is 0 Å². The van der Waals surface area contributed by atoms with Crippen molar-refractivity contribution in [1.29, 1.82) is 0 Å². The normalized spacial score (nSPS) is 23.6. The van der Waals surface area contributed by atoms with Gasteiger partial charge in [-0.15, -0.1) is 0 Å². The summed E-state index contributed by atoms with van der Waals surface area (Å²) < 4.78 is 0. The number of hydrogen-bond acceptors (Lipinski definition) is 3. The van der Waals surface area contributed by atoms with E-state index in [4.69, 9.17) is 0 Å². The number of carboxylic acids is 1. The van der Waals surface area contributed by atoms with Crippen LogP contribution in [0.25, 0.3) is 0 Å². The van der Waals surface area contributed by atoms with Crippen LogP contribution < -0.4 is 0 Å². The largest absolute Gasteiger partial charge is 0.481 e. The van der Waals surface area contributed by atoms with E-state index < -0.39 is 11.9 Å². The molecule has 4 heteroatoms. The fourth-order valence-corrected chi connectivity index (χ4v) is 4.84. The smallest absolute Gasteiger partial charge is 0.310 e. The lowest BCUT2D eigenvalue weighted by Crippen LogP contribution is -2.20. The minimum atomic E-state index is -0.751. The molecule has 0 saturated heterocycles. The van der Waals surface area contributed by atoms with Crippen LogP contribution in [0, 0.1) is 11.8 Å². The molecule has 30 heavy (non-hydrogen) atoms. The Balaban J connectivity index is 1.71. The standard InChI is InChI=1S/C26H40O4/c1-2-3-6-13-22(27)18-16-21-17-19-25(28)23(21)14-9-5-10-15-24(26(29)30)20-11-7-4-8-12-20/h4,6-8,11-13,21-25,27-28H,2-3,5,9-10,14-19H2,1H3,(H,29,30)/t21-,22?,23+,24?,25-/m0/s1. The summed E-state index contributed by atoms with van der Waals surface area (Å²) in [7, 11) is 0. The predicted molar refractivity (Wildman–Crippen MR) is 121 cm³/mol. The number of hydrogen-bond donors (Lipinski definition) is 3. The molecule has 1 saturated carbocycles. The number of aliphatic hydroxyl groups is 2. The Kier molecular flexibility index (Phi) is 11.2. The van der Waals surface area contributed by atoms with E-state index in [-0.39, 0.29) is 12.2 Å². The summed E-state index contributed by atoms with van der Waals surface area (Å²) in [4.78, 5) is 11.6. The molecule has 4 nitrogen and oxygen atoms in total. The van der Waals surface area contributed by atoms with Crippen LogP contribution in [0.1, 0.15) is 89.0 Å². The first kappa shape index (κ1) is 24.6. The molecule has 2 unspecified atom stereocenters. The minimum absolute atomic E-state index is 0.223. The van der Waals surface area contributed by atoms with Gasteiger partial charge in [0, 0.05) is 0 Å². The lowest BCUT2D eigenvalue weighted by Gasteiger charge is -2.23. The summed E-state index contributed by atoms with van der Waals surface area (Å²) in [6.07, 6.45) is 13.7. The molecule has 1 aliphatic rings. The van der Waals surface area contributed by atoms with Crippen LogP contribution >= 0.6 is 0 Å². The van der Waals surface area contributed by atoms with E-state index in [9.17, 15) is 20.1 Å². The zero-order valence-corrected chi connectivity index (χ0v) is 18.5. The third-order valence-corrected chi connectivity index (χ3v) is 6.61. The molecule has 0 amide bonds. The van der Waals surface area contributed by atoms with Crippen LogP contribution in [0.2, 0.25) is 0 Å². The summed E-state index contributed by atoms with van der Waals surface area (Å²) in [6, 6.07) is 9.48. The lowest BCUT2D eigenvalue weighted by molar-refractivity contribution is -0.139. The van der Waals surface area contributed by atoms with Gasteiger partial charge in [0.2, 0.25) is 0 Å². The fraction of sp³-hybridized carbons (Fsp3) is 0.654. The van der Waals surface area contributed by atoms with Crippen molar-refractivity contribution >= 4 is 5.97 Å². The van der Waals surface area contributed by atoms with Crippen molar-refractivity contribution < 1.29 is 20.1 Å². The van der Waals surface area contributed by atoms with Gasteiger partial charge in [0.25, 0.3) is 0 Å². The van der Waals surface area contributed by atoms with Crippen LogP contribution in [0.15, 0.2) is 42.5 Å². The summed E-state index contributed by atoms with van der Waals surface area (Å²) in [5.41, 5.74) is 0.878. The molecule has 1 fully saturated rings. The first-order valence-corrected chi connectivity index (χ1v) is 11.8. The molecule has 0 bridgehead atoms. The van der Waals surface area contributed by atoms with Gasteiger partial charge in [-0.3, -0.25) is 4.79 Å². The van der Waals surface area contributed by atoms with Crippen LogP contribution in [-0.2, 0) is 4.79 Å². The van der Waals surface area contributed by atoms with E-state index in [0.29, 0.717) is 18.3 Å². The fourth-order valence-electron chi connectivity index (χ4n) is 4.84. The average Bonchev–Trinajstić information content (AvgIpc) is 3.09. The molecule has 3 N–H and O–H groups in total.